The van der Waals surface area contributed by atoms with E-state index in [9.17, 15) is 13.2 Å². The van der Waals surface area contributed by atoms with Crippen LogP contribution in [0.3, 0.4) is 0 Å². The van der Waals surface area contributed by atoms with Crippen molar-refractivity contribution in [2.75, 3.05) is 11.6 Å². The van der Waals surface area contributed by atoms with Gasteiger partial charge in [0.25, 0.3) is 10.1 Å². The highest BCUT2D eigenvalue weighted by Crippen LogP contribution is 2.22. The maximum Gasteiger partial charge on any atom is 0.320 e. The SMILES string of the molecule is C[C@@H](NC(=O)Nc1cc2cnn(C)c2c(COS(C)(=O)=O)n1)c1ccccc1. The molecule has 2 heterocycles. The number of fused-ring (bicyclic) bond motifs is 1. The Balaban J connectivity index is 1.79. The highest BCUT2D eigenvalue weighted by atomic mass is 32.2. The van der Waals surface area contributed by atoms with Crippen LogP contribution < -0.4 is 10.6 Å². The number of hydrogen-bond acceptors (Lipinski definition) is 6. The van der Waals surface area contributed by atoms with Crippen molar-refractivity contribution in [1.82, 2.24) is 20.1 Å². The van der Waals surface area contributed by atoms with Gasteiger partial charge < -0.3 is 5.32 Å². The molecule has 148 valence electrons. The van der Waals surface area contributed by atoms with Crippen LogP contribution in [0.2, 0.25) is 0 Å². The van der Waals surface area contributed by atoms with E-state index in [4.69, 9.17) is 4.18 Å². The second-order valence-electron chi connectivity index (χ2n) is 6.36. The van der Waals surface area contributed by atoms with Gasteiger partial charge in [-0.3, -0.25) is 14.2 Å². The molecule has 10 heteroatoms. The van der Waals surface area contributed by atoms with Crippen molar-refractivity contribution in [3.8, 4) is 0 Å². The molecule has 3 rings (SSSR count). The molecule has 3 aromatic rings. The van der Waals surface area contributed by atoms with Crippen LogP contribution in [0.1, 0.15) is 24.2 Å². The Morgan fingerprint density at radius 3 is 2.68 bits per heavy atom. The molecule has 0 saturated heterocycles. The van der Waals surface area contributed by atoms with Gasteiger partial charge in [0.15, 0.2) is 0 Å². The van der Waals surface area contributed by atoms with Crippen molar-refractivity contribution >= 4 is 32.9 Å². The molecule has 0 spiro atoms. The summed E-state index contributed by atoms with van der Waals surface area (Å²) in [6, 6.07) is 10.6. The van der Waals surface area contributed by atoms with Crippen LogP contribution >= 0.6 is 0 Å². The highest BCUT2D eigenvalue weighted by Gasteiger charge is 2.15. The minimum atomic E-state index is -3.64. The number of hydrogen-bond donors (Lipinski definition) is 2. The van der Waals surface area contributed by atoms with Gasteiger partial charge in [0.1, 0.15) is 12.4 Å². The number of rotatable bonds is 6. The number of aromatic nitrogens is 3. The van der Waals surface area contributed by atoms with E-state index in [0.29, 0.717) is 16.6 Å². The largest absolute Gasteiger partial charge is 0.331 e. The highest BCUT2D eigenvalue weighted by molar-refractivity contribution is 7.85. The third-order valence-electron chi connectivity index (χ3n) is 4.09. The predicted molar refractivity (Wildman–Crippen MR) is 105 cm³/mol. The summed E-state index contributed by atoms with van der Waals surface area (Å²) in [5, 5.41) is 10.4. The monoisotopic (exact) mass is 403 g/mol. The van der Waals surface area contributed by atoms with Crippen molar-refractivity contribution < 1.29 is 17.4 Å². The lowest BCUT2D eigenvalue weighted by molar-refractivity contribution is 0.249. The fourth-order valence-electron chi connectivity index (χ4n) is 2.79. The normalized spacial score (nSPS) is 12.7. The number of carbonyl (C=O) groups is 1. The molecule has 2 aromatic heterocycles. The van der Waals surface area contributed by atoms with E-state index in [2.05, 4.69) is 20.7 Å². The lowest BCUT2D eigenvalue weighted by Crippen LogP contribution is -2.31. The van der Waals surface area contributed by atoms with Gasteiger partial charge in [-0.1, -0.05) is 30.3 Å². The summed E-state index contributed by atoms with van der Waals surface area (Å²) in [6.45, 7) is 1.62. The minimum Gasteiger partial charge on any atom is -0.331 e. The Morgan fingerprint density at radius 2 is 2.00 bits per heavy atom. The van der Waals surface area contributed by atoms with Gasteiger partial charge in [0.05, 0.1) is 29.7 Å². The zero-order valence-corrected chi connectivity index (χ0v) is 16.5. The third-order valence-corrected chi connectivity index (χ3v) is 4.63. The number of urea groups is 1. The van der Waals surface area contributed by atoms with Crippen LogP contribution in [-0.2, 0) is 28.0 Å². The number of nitrogens with one attached hydrogen (secondary N) is 2. The molecule has 2 N–H and O–H groups in total. The smallest absolute Gasteiger partial charge is 0.320 e. The molecule has 28 heavy (non-hydrogen) atoms. The van der Waals surface area contributed by atoms with Gasteiger partial charge >= 0.3 is 6.03 Å². The Morgan fingerprint density at radius 1 is 1.29 bits per heavy atom. The molecule has 0 bridgehead atoms. The van der Waals surface area contributed by atoms with Gasteiger partial charge in [-0.15, -0.1) is 0 Å². The van der Waals surface area contributed by atoms with Crippen LogP contribution in [0.15, 0.2) is 42.6 Å². The van der Waals surface area contributed by atoms with Crippen molar-refractivity contribution in [3.05, 3.63) is 53.9 Å². The first-order valence-corrected chi connectivity index (χ1v) is 10.3. The summed E-state index contributed by atoms with van der Waals surface area (Å²) in [6.07, 6.45) is 2.57. The average molecular weight is 403 g/mol. The number of nitrogens with zero attached hydrogens (tertiary/aromatic N) is 3. The number of benzene rings is 1. The molecule has 9 nitrogen and oxygen atoms in total. The second-order valence-corrected chi connectivity index (χ2v) is 8.00. The van der Waals surface area contributed by atoms with E-state index in [1.807, 2.05) is 37.3 Å². The van der Waals surface area contributed by atoms with Crippen LogP contribution in [0.25, 0.3) is 10.9 Å². The molecule has 1 atom stereocenters. The molecule has 1 aromatic carbocycles. The number of aryl methyl sites for hydroxylation is 1. The molecule has 2 amide bonds. The Labute approximate surface area is 162 Å². The summed E-state index contributed by atoms with van der Waals surface area (Å²) in [7, 11) is -1.92. The Bertz CT molecular complexity index is 1100. The number of anilines is 1. The number of pyridine rings is 1. The average Bonchev–Trinajstić information content (AvgIpc) is 3.00. The van der Waals surface area contributed by atoms with E-state index >= 15 is 0 Å². The zero-order valence-electron chi connectivity index (χ0n) is 15.7. The van der Waals surface area contributed by atoms with Gasteiger partial charge in [-0.2, -0.15) is 13.5 Å². The van der Waals surface area contributed by atoms with E-state index in [-0.39, 0.29) is 18.5 Å². The van der Waals surface area contributed by atoms with Gasteiger partial charge in [0, 0.05) is 12.4 Å². The topological polar surface area (TPSA) is 115 Å². The molecule has 0 fully saturated rings. The molecule has 0 aliphatic heterocycles. The van der Waals surface area contributed by atoms with Crippen molar-refractivity contribution in [2.45, 2.75) is 19.6 Å². The van der Waals surface area contributed by atoms with Gasteiger partial charge in [-0.05, 0) is 18.6 Å². The quantitative estimate of drug-likeness (QED) is 0.611. The van der Waals surface area contributed by atoms with Crippen LogP contribution in [0.5, 0.6) is 0 Å². The summed E-state index contributed by atoms with van der Waals surface area (Å²) in [4.78, 5) is 16.7. The standard InChI is InChI=1S/C18H21N5O4S/c1-12(13-7-5-4-6-8-13)20-18(24)22-16-9-14-10-19-23(2)17(14)15(21-16)11-27-28(3,25)26/h4-10,12H,11H2,1-3H3,(H2,20,21,22,24)/t12-/m1/s1. The maximum atomic E-state index is 12.4. The third kappa shape index (κ3) is 4.84. The van der Waals surface area contributed by atoms with Gasteiger partial charge in [-0.25, -0.2) is 9.78 Å². The van der Waals surface area contributed by atoms with E-state index in [1.54, 1.807) is 24.0 Å². The summed E-state index contributed by atoms with van der Waals surface area (Å²) >= 11 is 0. The van der Waals surface area contributed by atoms with Crippen molar-refractivity contribution in [3.63, 3.8) is 0 Å². The summed E-state index contributed by atoms with van der Waals surface area (Å²) in [5.41, 5.74) is 1.96. The first-order chi connectivity index (χ1) is 13.2. The summed E-state index contributed by atoms with van der Waals surface area (Å²) in [5.74, 6) is 0.269. The fourth-order valence-corrected chi connectivity index (χ4v) is 3.12. The minimum absolute atomic E-state index is 0.198. The van der Waals surface area contributed by atoms with Gasteiger partial charge in [0.2, 0.25) is 0 Å². The summed E-state index contributed by atoms with van der Waals surface area (Å²) < 4.78 is 29.1. The molecule has 0 radical (unpaired) electrons. The Hall–Kier alpha value is -2.98. The van der Waals surface area contributed by atoms with E-state index < -0.39 is 16.1 Å². The van der Waals surface area contributed by atoms with Crippen LogP contribution in [0, 0.1) is 0 Å². The number of amides is 2. The predicted octanol–water partition coefficient (Wildman–Crippen LogP) is 2.33. The lowest BCUT2D eigenvalue weighted by Gasteiger charge is -2.15. The Kier molecular flexibility index (Phi) is 5.61. The van der Waals surface area contributed by atoms with E-state index in [1.165, 1.54) is 0 Å². The van der Waals surface area contributed by atoms with Crippen molar-refractivity contribution in [2.24, 2.45) is 7.05 Å². The first-order valence-electron chi connectivity index (χ1n) is 8.51. The molecular weight excluding hydrogens is 382 g/mol. The van der Waals surface area contributed by atoms with Crippen LogP contribution in [0.4, 0.5) is 10.6 Å². The maximum absolute atomic E-state index is 12.4. The fraction of sp³-hybridized carbons (Fsp3) is 0.278. The second kappa shape index (κ2) is 7.95. The lowest BCUT2D eigenvalue weighted by atomic mass is 10.1. The van der Waals surface area contributed by atoms with E-state index in [0.717, 1.165) is 11.8 Å². The van der Waals surface area contributed by atoms with Crippen molar-refractivity contribution in [1.29, 1.82) is 0 Å². The molecule has 0 saturated carbocycles. The first kappa shape index (κ1) is 19.8. The molecule has 0 aliphatic rings. The molecule has 0 aliphatic carbocycles. The number of carbonyl (C=O) groups excluding carboxylic acids is 1. The zero-order chi connectivity index (χ0) is 20.3. The van der Waals surface area contributed by atoms with Crippen LogP contribution in [-0.4, -0.2) is 35.5 Å². The molecule has 0 unspecified atom stereocenters. The molecular formula is C18H21N5O4S.